The van der Waals surface area contributed by atoms with E-state index in [1.807, 2.05) is 13.8 Å². The van der Waals surface area contributed by atoms with Crippen LogP contribution < -0.4 is 11.3 Å². The SMILES string of the molecule is COCc1cc(NN)nc(-c2c(C)noc2C)n1. The van der Waals surface area contributed by atoms with Crippen molar-refractivity contribution in [3.05, 3.63) is 23.2 Å². The molecule has 0 aliphatic heterocycles. The summed E-state index contributed by atoms with van der Waals surface area (Å²) in [6.07, 6.45) is 0. The summed E-state index contributed by atoms with van der Waals surface area (Å²) < 4.78 is 10.2. The van der Waals surface area contributed by atoms with Gasteiger partial charge in [-0.15, -0.1) is 0 Å². The highest BCUT2D eigenvalue weighted by Gasteiger charge is 2.16. The average molecular weight is 249 g/mol. The van der Waals surface area contributed by atoms with Crippen LogP contribution in [0.3, 0.4) is 0 Å². The number of nitrogens with zero attached hydrogens (tertiary/aromatic N) is 3. The molecule has 7 nitrogen and oxygen atoms in total. The number of nitrogen functional groups attached to an aromatic ring is 1. The summed E-state index contributed by atoms with van der Waals surface area (Å²) in [7, 11) is 1.60. The van der Waals surface area contributed by atoms with E-state index >= 15 is 0 Å². The molecule has 0 saturated carbocycles. The summed E-state index contributed by atoms with van der Waals surface area (Å²) in [5.74, 6) is 7.11. The van der Waals surface area contributed by atoms with E-state index in [0.717, 1.165) is 17.0 Å². The van der Waals surface area contributed by atoms with Gasteiger partial charge in [0.25, 0.3) is 0 Å². The Hall–Kier alpha value is -1.99. The lowest BCUT2D eigenvalue weighted by molar-refractivity contribution is 0.181. The first kappa shape index (κ1) is 12.5. The van der Waals surface area contributed by atoms with Crippen LogP contribution in [0.1, 0.15) is 17.1 Å². The van der Waals surface area contributed by atoms with Crippen molar-refractivity contribution in [2.24, 2.45) is 5.84 Å². The van der Waals surface area contributed by atoms with Gasteiger partial charge in [0.1, 0.15) is 11.6 Å². The van der Waals surface area contributed by atoms with Gasteiger partial charge in [-0.05, 0) is 13.8 Å². The van der Waals surface area contributed by atoms with E-state index in [-0.39, 0.29) is 0 Å². The number of hydrogen-bond donors (Lipinski definition) is 2. The van der Waals surface area contributed by atoms with Crippen LogP contribution in [-0.2, 0) is 11.3 Å². The molecule has 0 bridgehead atoms. The van der Waals surface area contributed by atoms with Crippen molar-refractivity contribution in [2.45, 2.75) is 20.5 Å². The summed E-state index contributed by atoms with van der Waals surface area (Å²) in [4.78, 5) is 8.70. The Kier molecular flexibility index (Phi) is 3.54. The Bertz CT molecular complexity index is 533. The van der Waals surface area contributed by atoms with Crippen LogP contribution in [0, 0.1) is 13.8 Å². The molecule has 18 heavy (non-hydrogen) atoms. The molecule has 3 N–H and O–H groups in total. The van der Waals surface area contributed by atoms with Crippen molar-refractivity contribution in [3.63, 3.8) is 0 Å². The monoisotopic (exact) mass is 249 g/mol. The third-order valence-electron chi connectivity index (χ3n) is 2.48. The summed E-state index contributed by atoms with van der Waals surface area (Å²) >= 11 is 0. The minimum atomic E-state index is 0.383. The smallest absolute Gasteiger partial charge is 0.167 e. The molecule has 2 rings (SSSR count). The molecular formula is C11H15N5O2. The van der Waals surface area contributed by atoms with Gasteiger partial charge in [-0.2, -0.15) is 0 Å². The third kappa shape index (κ3) is 2.31. The van der Waals surface area contributed by atoms with Crippen molar-refractivity contribution in [1.82, 2.24) is 15.1 Å². The van der Waals surface area contributed by atoms with E-state index in [1.54, 1.807) is 13.2 Å². The van der Waals surface area contributed by atoms with Gasteiger partial charge < -0.3 is 14.7 Å². The maximum absolute atomic E-state index is 5.39. The minimum absolute atomic E-state index is 0.383. The number of nitrogens with two attached hydrogens (primary N) is 1. The van der Waals surface area contributed by atoms with E-state index in [1.165, 1.54) is 0 Å². The lowest BCUT2D eigenvalue weighted by atomic mass is 10.2. The van der Waals surface area contributed by atoms with Gasteiger partial charge in [0, 0.05) is 13.2 Å². The Morgan fingerprint density at radius 2 is 2.17 bits per heavy atom. The number of nitrogens with one attached hydrogen (secondary N) is 1. The van der Waals surface area contributed by atoms with E-state index in [9.17, 15) is 0 Å². The van der Waals surface area contributed by atoms with Gasteiger partial charge in [0.2, 0.25) is 0 Å². The highest BCUT2D eigenvalue weighted by atomic mass is 16.5. The zero-order valence-corrected chi connectivity index (χ0v) is 10.5. The standard InChI is InChI=1S/C11H15N5O2/c1-6-10(7(2)18-16-6)11-13-8(5-17-3)4-9(14-11)15-12/h4H,5,12H2,1-3H3,(H,13,14,15). The maximum atomic E-state index is 5.39. The minimum Gasteiger partial charge on any atom is -0.378 e. The fraction of sp³-hybridized carbons (Fsp3) is 0.364. The molecule has 0 saturated heterocycles. The molecule has 0 aliphatic rings. The zero-order chi connectivity index (χ0) is 13.1. The van der Waals surface area contributed by atoms with Gasteiger partial charge in [-0.25, -0.2) is 15.8 Å². The average Bonchev–Trinajstić information content (AvgIpc) is 2.69. The number of hydrazine groups is 1. The van der Waals surface area contributed by atoms with Gasteiger partial charge in [-0.1, -0.05) is 5.16 Å². The predicted molar refractivity (Wildman–Crippen MR) is 65.5 cm³/mol. The normalized spacial score (nSPS) is 10.7. The van der Waals surface area contributed by atoms with Gasteiger partial charge in [0.05, 0.1) is 23.6 Å². The largest absolute Gasteiger partial charge is 0.378 e. The molecule has 7 heteroatoms. The first-order valence-corrected chi connectivity index (χ1v) is 5.42. The Morgan fingerprint density at radius 1 is 1.39 bits per heavy atom. The third-order valence-corrected chi connectivity index (χ3v) is 2.48. The number of rotatable bonds is 4. The molecule has 0 atom stereocenters. The summed E-state index contributed by atoms with van der Waals surface area (Å²) in [5, 5.41) is 3.89. The van der Waals surface area contributed by atoms with Crippen LogP contribution >= 0.6 is 0 Å². The van der Waals surface area contributed by atoms with Crippen LogP contribution in [0.4, 0.5) is 5.82 Å². The molecule has 0 unspecified atom stereocenters. The van der Waals surface area contributed by atoms with E-state index in [0.29, 0.717) is 24.0 Å². The second-order valence-corrected chi connectivity index (χ2v) is 3.84. The van der Waals surface area contributed by atoms with Crippen molar-refractivity contribution in [2.75, 3.05) is 12.5 Å². The van der Waals surface area contributed by atoms with Crippen LogP contribution in [0.5, 0.6) is 0 Å². The topological polar surface area (TPSA) is 99.1 Å². The van der Waals surface area contributed by atoms with Gasteiger partial charge >= 0.3 is 0 Å². The molecular weight excluding hydrogens is 234 g/mol. The second kappa shape index (κ2) is 5.11. The number of aryl methyl sites for hydroxylation is 2. The lowest BCUT2D eigenvalue weighted by Gasteiger charge is -2.06. The van der Waals surface area contributed by atoms with E-state index < -0.39 is 0 Å². The number of hydrogen-bond acceptors (Lipinski definition) is 7. The van der Waals surface area contributed by atoms with Crippen molar-refractivity contribution in [1.29, 1.82) is 0 Å². The van der Waals surface area contributed by atoms with Crippen LogP contribution in [0.2, 0.25) is 0 Å². The fourth-order valence-electron chi connectivity index (χ4n) is 1.71. The van der Waals surface area contributed by atoms with Crippen molar-refractivity contribution in [3.8, 4) is 11.4 Å². The Labute approximate surface area is 104 Å². The second-order valence-electron chi connectivity index (χ2n) is 3.84. The van der Waals surface area contributed by atoms with Crippen LogP contribution in [0.25, 0.3) is 11.4 Å². The highest BCUT2D eigenvalue weighted by molar-refractivity contribution is 5.61. The van der Waals surface area contributed by atoms with E-state index in [2.05, 4.69) is 20.6 Å². The molecule has 0 aromatic carbocycles. The summed E-state index contributed by atoms with van der Waals surface area (Å²) in [6, 6.07) is 1.73. The summed E-state index contributed by atoms with van der Waals surface area (Å²) in [6.45, 7) is 4.04. The molecule has 0 spiro atoms. The van der Waals surface area contributed by atoms with E-state index in [4.69, 9.17) is 15.1 Å². The molecule has 2 heterocycles. The molecule has 96 valence electrons. The molecule has 0 amide bonds. The van der Waals surface area contributed by atoms with Crippen molar-refractivity contribution < 1.29 is 9.26 Å². The van der Waals surface area contributed by atoms with Gasteiger partial charge in [-0.3, -0.25) is 0 Å². The summed E-state index contributed by atoms with van der Waals surface area (Å²) in [5.41, 5.74) is 4.76. The number of anilines is 1. The predicted octanol–water partition coefficient (Wildman–Crippen LogP) is 1.18. The van der Waals surface area contributed by atoms with Crippen LogP contribution in [-0.4, -0.2) is 22.2 Å². The molecule has 2 aromatic rings. The number of ether oxygens (including phenoxy) is 1. The number of methoxy groups -OCH3 is 1. The molecule has 2 aromatic heterocycles. The Balaban J connectivity index is 2.53. The highest BCUT2D eigenvalue weighted by Crippen LogP contribution is 2.25. The first-order chi connectivity index (χ1) is 8.65. The molecule has 0 fully saturated rings. The van der Waals surface area contributed by atoms with Crippen LogP contribution in [0.15, 0.2) is 10.6 Å². The zero-order valence-electron chi connectivity index (χ0n) is 10.5. The quantitative estimate of drug-likeness (QED) is 0.620. The van der Waals surface area contributed by atoms with Crippen molar-refractivity contribution >= 4 is 5.82 Å². The van der Waals surface area contributed by atoms with Gasteiger partial charge in [0.15, 0.2) is 5.82 Å². The first-order valence-electron chi connectivity index (χ1n) is 5.42. The maximum Gasteiger partial charge on any atom is 0.167 e. The molecule has 0 aliphatic carbocycles. The number of aromatic nitrogens is 3. The lowest BCUT2D eigenvalue weighted by Crippen LogP contribution is -2.11. The molecule has 0 radical (unpaired) electrons. The Morgan fingerprint density at radius 3 is 2.72 bits per heavy atom. The fourth-order valence-corrected chi connectivity index (χ4v) is 1.71.